The summed E-state index contributed by atoms with van der Waals surface area (Å²) in [6.45, 7) is 9.15. The molecule has 2 aliphatic carbocycles. The van der Waals surface area contributed by atoms with E-state index in [1.54, 1.807) is 12.3 Å². The molecule has 0 radical (unpaired) electrons. The zero-order chi connectivity index (χ0) is 28.2. The number of allylic oxidation sites excluding steroid dienone is 1. The molecule has 6 rings (SSSR count). The van der Waals surface area contributed by atoms with Gasteiger partial charge in [-0.2, -0.15) is 0 Å². The number of phenols is 1. The lowest BCUT2D eigenvalue weighted by atomic mass is 9.48. The van der Waals surface area contributed by atoms with Gasteiger partial charge in [-0.05, 0) is 74.9 Å². The normalized spacial score (nSPS) is 27.6. The van der Waals surface area contributed by atoms with Gasteiger partial charge in [-0.15, -0.1) is 0 Å². The molecule has 2 heterocycles. The fourth-order valence-electron chi connectivity index (χ4n) is 7.38. The van der Waals surface area contributed by atoms with Gasteiger partial charge in [-0.3, -0.25) is 9.59 Å². The standard InChI is InChI=1S/C32H36N4O4/c1-19-10-12-32(40)26-16-23-8-9-24(28(37)27(23)31(32,17-19)13-15-36(26)3)29(38)33-14-11-21-4-6-22(7-5-21)25-18-34-20(2)35-30(25)39/h4-9,18,26,34,37,40H,1-2,10-17H2,3H3,(H,33,38)(H,35,39)/t26-,31-,32-/m1/s1. The lowest BCUT2D eigenvalue weighted by Crippen LogP contribution is -2.71. The minimum Gasteiger partial charge on any atom is -0.507 e. The molecule has 2 amide bonds. The summed E-state index contributed by atoms with van der Waals surface area (Å²) in [5.41, 5.74) is 3.79. The number of carbonyl (C=O) groups excluding carboxylic acids is 2. The summed E-state index contributed by atoms with van der Waals surface area (Å²) in [5, 5.41) is 32.2. The van der Waals surface area contributed by atoms with E-state index in [-0.39, 0.29) is 29.2 Å². The average Bonchev–Trinajstić information content (AvgIpc) is 2.92. The summed E-state index contributed by atoms with van der Waals surface area (Å²) in [6, 6.07) is 11.3. The molecule has 208 valence electrons. The molecule has 40 heavy (non-hydrogen) atoms. The van der Waals surface area contributed by atoms with E-state index in [0.29, 0.717) is 50.0 Å². The lowest BCUT2D eigenvalue weighted by molar-refractivity contribution is -0.153. The molecule has 4 aliphatic rings. The van der Waals surface area contributed by atoms with Crippen LogP contribution >= 0.6 is 0 Å². The number of carbonyl (C=O) groups is 2. The van der Waals surface area contributed by atoms with E-state index >= 15 is 0 Å². The van der Waals surface area contributed by atoms with E-state index in [0.717, 1.165) is 40.8 Å². The Kier molecular flexibility index (Phi) is 6.35. The van der Waals surface area contributed by atoms with Crippen molar-refractivity contribution in [3.05, 3.63) is 95.0 Å². The third-order valence-electron chi connectivity index (χ3n) is 9.48. The van der Waals surface area contributed by atoms with Crippen LogP contribution in [0.3, 0.4) is 0 Å². The van der Waals surface area contributed by atoms with E-state index in [4.69, 9.17) is 0 Å². The molecule has 1 saturated heterocycles. The maximum Gasteiger partial charge on any atom is 0.258 e. The average molecular weight is 541 g/mol. The topological polar surface area (TPSA) is 114 Å². The smallest absolute Gasteiger partial charge is 0.258 e. The number of nitrogens with zero attached hydrogens (tertiary/aromatic N) is 1. The van der Waals surface area contributed by atoms with Gasteiger partial charge in [0.1, 0.15) is 11.6 Å². The Morgan fingerprint density at radius 3 is 2.70 bits per heavy atom. The molecule has 2 fully saturated rings. The number of fused-ring (bicyclic) bond motifs is 1. The Morgan fingerprint density at radius 2 is 1.95 bits per heavy atom. The van der Waals surface area contributed by atoms with Gasteiger partial charge in [-0.25, -0.2) is 0 Å². The highest BCUT2D eigenvalue weighted by atomic mass is 16.3. The van der Waals surface area contributed by atoms with Crippen molar-refractivity contribution >= 4 is 17.4 Å². The zero-order valence-electron chi connectivity index (χ0n) is 22.8. The summed E-state index contributed by atoms with van der Waals surface area (Å²) in [7, 11) is 2.06. The highest BCUT2D eigenvalue weighted by molar-refractivity contribution is 6.20. The van der Waals surface area contributed by atoms with Gasteiger partial charge in [0, 0.05) is 29.8 Å². The predicted octanol–water partition coefficient (Wildman–Crippen LogP) is 2.87. The first-order chi connectivity index (χ1) is 19.1. The molecule has 2 aromatic rings. The van der Waals surface area contributed by atoms with Gasteiger partial charge in [0.2, 0.25) is 0 Å². The first-order valence-corrected chi connectivity index (χ1v) is 13.9. The fourth-order valence-corrected chi connectivity index (χ4v) is 7.38. The van der Waals surface area contributed by atoms with Gasteiger partial charge >= 0.3 is 0 Å². The van der Waals surface area contributed by atoms with Crippen molar-refractivity contribution in [2.24, 2.45) is 0 Å². The minimum atomic E-state index is -0.967. The van der Waals surface area contributed by atoms with Crippen molar-refractivity contribution in [2.75, 3.05) is 20.1 Å². The van der Waals surface area contributed by atoms with Crippen LogP contribution in [-0.2, 0) is 23.1 Å². The molecule has 0 spiro atoms. The Balaban J connectivity index is 1.19. The van der Waals surface area contributed by atoms with Crippen LogP contribution < -0.4 is 16.0 Å². The predicted molar refractivity (Wildman–Crippen MR) is 153 cm³/mol. The van der Waals surface area contributed by atoms with Crippen LogP contribution in [0.2, 0.25) is 0 Å². The zero-order valence-corrected chi connectivity index (χ0v) is 22.8. The van der Waals surface area contributed by atoms with Crippen molar-refractivity contribution in [2.45, 2.75) is 55.6 Å². The second-order valence-corrected chi connectivity index (χ2v) is 11.7. The molecule has 0 aromatic heterocycles. The molecule has 2 bridgehead atoms. The maximum atomic E-state index is 13.3. The molecule has 5 N–H and O–H groups in total. The highest BCUT2D eigenvalue weighted by Crippen LogP contribution is 2.60. The van der Waals surface area contributed by atoms with E-state index in [1.807, 2.05) is 30.3 Å². The number of benzene rings is 2. The molecule has 0 unspecified atom stereocenters. The summed E-state index contributed by atoms with van der Waals surface area (Å²) >= 11 is 0. The van der Waals surface area contributed by atoms with Crippen LogP contribution in [0.25, 0.3) is 5.57 Å². The number of rotatable bonds is 5. The van der Waals surface area contributed by atoms with Gasteiger partial charge in [0.05, 0.1) is 16.7 Å². The number of amides is 2. The van der Waals surface area contributed by atoms with Gasteiger partial charge in [-0.1, -0.05) is 49.1 Å². The van der Waals surface area contributed by atoms with Gasteiger partial charge < -0.3 is 31.1 Å². The summed E-state index contributed by atoms with van der Waals surface area (Å²) in [6.07, 6.45) is 5.59. The quantitative estimate of drug-likeness (QED) is 0.373. The number of hydrogen-bond acceptors (Lipinski definition) is 6. The lowest BCUT2D eigenvalue weighted by Gasteiger charge is -2.63. The molecular weight excluding hydrogens is 504 g/mol. The van der Waals surface area contributed by atoms with Crippen molar-refractivity contribution in [1.29, 1.82) is 0 Å². The number of likely N-dealkylation sites (N-methyl/N-ethyl adjacent to an activating group) is 1. The Hall–Kier alpha value is -3.88. The number of hydrogen-bond donors (Lipinski definition) is 5. The summed E-state index contributed by atoms with van der Waals surface area (Å²) in [4.78, 5) is 27.7. The van der Waals surface area contributed by atoms with Crippen LogP contribution in [0.15, 0.2) is 67.2 Å². The molecule has 2 aromatic carbocycles. The Bertz CT molecular complexity index is 1460. The highest BCUT2D eigenvalue weighted by Gasteiger charge is 2.64. The van der Waals surface area contributed by atoms with Crippen LogP contribution in [0.1, 0.15) is 58.3 Å². The van der Waals surface area contributed by atoms with Crippen molar-refractivity contribution in [3.63, 3.8) is 0 Å². The molecule has 3 atom stereocenters. The number of aromatic hydroxyl groups is 1. The Labute approximate surface area is 234 Å². The first kappa shape index (κ1) is 26.3. The van der Waals surface area contributed by atoms with Crippen LogP contribution in [0.4, 0.5) is 0 Å². The van der Waals surface area contributed by atoms with Crippen LogP contribution in [-0.4, -0.2) is 58.7 Å². The van der Waals surface area contributed by atoms with Crippen molar-refractivity contribution in [3.8, 4) is 5.75 Å². The second kappa shape index (κ2) is 9.64. The first-order valence-electron chi connectivity index (χ1n) is 13.9. The number of likely N-dealkylation sites (tertiary alicyclic amines) is 1. The molecule has 8 heteroatoms. The molecule has 8 nitrogen and oxygen atoms in total. The van der Waals surface area contributed by atoms with Crippen LogP contribution in [0, 0.1) is 0 Å². The van der Waals surface area contributed by atoms with Crippen molar-refractivity contribution < 1.29 is 19.8 Å². The largest absolute Gasteiger partial charge is 0.507 e. The van der Waals surface area contributed by atoms with E-state index in [9.17, 15) is 19.8 Å². The van der Waals surface area contributed by atoms with Gasteiger partial charge in [0.15, 0.2) is 0 Å². The molecular formula is C32H36N4O4. The van der Waals surface area contributed by atoms with E-state index < -0.39 is 11.0 Å². The monoisotopic (exact) mass is 540 g/mol. The van der Waals surface area contributed by atoms with E-state index in [1.165, 1.54) is 0 Å². The summed E-state index contributed by atoms with van der Waals surface area (Å²) in [5.74, 6) is -0.108. The van der Waals surface area contributed by atoms with Crippen LogP contribution in [0.5, 0.6) is 5.75 Å². The third kappa shape index (κ3) is 4.05. The number of piperidine rings is 1. The second-order valence-electron chi connectivity index (χ2n) is 11.7. The SMILES string of the molecule is C=C1CC[C@@]2(O)[C@H]3Cc4ccc(C(=O)NCCc5ccc(C6=CNC(=C)NC6=O)cc5)c(O)c4[C@@]2(CCN3C)C1. The minimum absolute atomic E-state index is 0.00851. The molecule has 2 aliphatic heterocycles. The molecule has 1 saturated carbocycles. The van der Waals surface area contributed by atoms with Gasteiger partial charge in [0.25, 0.3) is 11.8 Å². The van der Waals surface area contributed by atoms with Crippen molar-refractivity contribution in [1.82, 2.24) is 20.9 Å². The summed E-state index contributed by atoms with van der Waals surface area (Å²) < 4.78 is 0. The maximum absolute atomic E-state index is 13.3. The Morgan fingerprint density at radius 1 is 1.18 bits per heavy atom. The fraction of sp³-hybridized carbons (Fsp3) is 0.375. The number of aliphatic hydroxyl groups is 1. The third-order valence-corrected chi connectivity index (χ3v) is 9.48. The number of phenolic OH excluding ortho intramolecular Hbond substituents is 1. The van der Waals surface area contributed by atoms with E-state index in [2.05, 4.69) is 41.1 Å². The number of nitrogens with one attached hydrogen (secondary N) is 3.